The lowest BCUT2D eigenvalue weighted by atomic mass is 10.4. The summed E-state index contributed by atoms with van der Waals surface area (Å²) in [6.45, 7) is 0. The highest BCUT2D eigenvalue weighted by Gasteiger charge is 2.00. The van der Waals surface area contributed by atoms with Crippen molar-refractivity contribution in [1.82, 2.24) is 15.2 Å². The molecule has 0 aliphatic carbocycles. The lowest BCUT2D eigenvalue weighted by Crippen LogP contribution is -2.27. The minimum Gasteiger partial charge on any atom is -0.357 e. The summed E-state index contributed by atoms with van der Waals surface area (Å²) in [5, 5.41) is 4.79. The van der Waals surface area contributed by atoms with Crippen LogP contribution in [-0.4, -0.2) is 15.2 Å². The Morgan fingerprint density at radius 3 is 2.82 bits per heavy atom. The van der Waals surface area contributed by atoms with Crippen LogP contribution in [0.15, 0.2) is 21.9 Å². The van der Waals surface area contributed by atoms with Gasteiger partial charge in [0.15, 0.2) is 0 Å². The molecule has 3 N–H and O–H groups in total. The monoisotopic (exact) mass is 151 g/mol. The van der Waals surface area contributed by atoms with Crippen LogP contribution >= 0.6 is 0 Å². The lowest BCUT2D eigenvalue weighted by molar-refractivity contribution is 1.01. The number of nitrogens with one attached hydrogen (secondary N) is 3. The number of aromatic amines is 3. The Bertz CT molecular complexity index is 490. The van der Waals surface area contributed by atoms with Crippen LogP contribution < -0.4 is 11.0 Å². The van der Waals surface area contributed by atoms with E-state index in [1.165, 1.54) is 0 Å². The number of H-pyrrole nitrogens is 3. The molecule has 56 valence electrons. The summed E-state index contributed by atoms with van der Waals surface area (Å²) in [7, 11) is 0. The third-order valence-corrected chi connectivity index (χ3v) is 1.49. The fourth-order valence-electron chi connectivity index (χ4n) is 0.956. The van der Waals surface area contributed by atoms with Crippen LogP contribution in [-0.2, 0) is 0 Å². The topological polar surface area (TPSA) is 81.5 Å². The molecule has 0 saturated heterocycles. The van der Waals surface area contributed by atoms with E-state index in [1.807, 2.05) is 0 Å². The molecule has 5 nitrogen and oxygen atoms in total. The quantitative estimate of drug-likeness (QED) is 0.445. The number of hydrogen-bond donors (Lipinski definition) is 3. The summed E-state index contributed by atoms with van der Waals surface area (Å²) in [5.74, 6) is 0. The fourth-order valence-corrected chi connectivity index (χ4v) is 0.956. The summed E-state index contributed by atoms with van der Waals surface area (Å²) in [4.78, 5) is 24.4. The second-order valence-corrected chi connectivity index (χ2v) is 2.17. The van der Waals surface area contributed by atoms with Gasteiger partial charge in [-0.25, -0.2) is 0 Å². The van der Waals surface area contributed by atoms with E-state index in [-0.39, 0.29) is 0 Å². The van der Waals surface area contributed by atoms with Gasteiger partial charge in [0.25, 0.3) is 5.43 Å². The zero-order valence-electron chi connectivity index (χ0n) is 5.47. The van der Waals surface area contributed by atoms with Crippen LogP contribution in [0.1, 0.15) is 0 Å². The third kappa shape index (κ3) is 0.706. The van der Waals surface area contributed by atoms with Crippen molar-refractivity contribution in [1.29, 1.82) is 0 Å². The largest absolute Gasteiger partial charge is 0.357 e. The number of aromatic nitrogens is 3. The van der Waals surface area contributed by atoms with Gasteiger partial charge in [0.05, 0.1) is 5.52 Å². The zero-order valence-corrected chi connectivity index (χ0v) is 5.47. The van der Waals surface area contributed by atoms with Crippen molar-refractivity contribution in [3.8, 4) is 0 Å². The van der Waals surface area contributed by atoms with Crippen LogP contribution in [0.4, 0.5) is 0 Å². The Morgan fingerprint density at radius 1 is 1.18 bits per heavy atom. The SMILES string of the molecule is O=c1[nH][nH]c2cc[nH]c2c1=O. The predicted octanol–water partition coefficient (Wildman–Crippen LogP) is -0.455. The molecule has 0 amide bonds. The Kier molecular flexibility index (Phi) is 1.00. The second kappa shape index (κ2) is 1.85. The van der Waals surface area contributed by atoms with Crippen LogP contribution in [0, 0.1) is 0 Å². The highest BCUT2D eigenvalue weighted by atomic mass is 16.2. The molecule has 0 saturated carbocycles. The van der Waals surface area contributed by atoms with E-state index in [1.54, 1.807) is 12.3 Å². The number of rotatable bonds is 0. The first-order valence-electron chi connectivity index (χ1n) is 3.07. The van der Waals surface area contributed by atoms with E-state index in [2.05, 4.69) is 15.2 Å². The van der Waals surface area contributed by atoms with Gasteiger partial charge in [-0.1, -0.05) is 0 Å². The van der Waals surface area contributed by atoms with Gasteiger partial charge < -0.3 is 4.98 Å². The first kappa shape index (κ1) is 5.96. The van der Waals surface area contributed by atoms with Gasteiger partial charge in [-0.3, -0.25) is 19.8 Å². The number of fused-ring (bicyclic) bond motifs is 1. The average Bonchev–Trinajstić information content (AvgIpc) is 2.45. The van der Waals surface area contributed by atoms with Crippen molar-refractivity contribution in [2.75, 3.05) is 0 Å². The minimum absolute atomic E-state index is 0.314. The minimum atomic E-state index is -0.639. The standard InChI is InChI=1S/C6H5N3O2/c10-5-4-3(1-2-7-4)8-9-6(5)11/h1-2,7H,(H,8,10)(H,9,11). The van der Waals surface area contributed by atoms with Gasteiger partial charge in [0.1, 0.15) is 5.52 Å². The summed E-state index contributed by atoms with van der Waals surface area (Å²) in [5.41, 5.74) is -0.257. The van der Waals surface area contributed by atoms with Crippen LogP contribution in [0.2, 0.25) is 0 Å². The molecule has 0 aliphatic heterocycles. The lowest BCUT2D eigenvalue weighted by Gasteiger charge is -1.85. The maximum absolute atomic E-state index is 11.0. The fraction of sp³-hybridized carbons (Fsp3) is 0. The molecule has 0 unspecified atom stereocenters. The molecule has 2 rings (SSSR count). The Morgan fingerprint density at radius 2 is 2.00 bits per heavy atom. The molecule has 2 aromatic heterocycles. The third-order valence-electron chi connectivity index (χ3n) is 1.49. The molecular formula is C6H5N3O2. The molecule has 2 aromatic rings. The Hall–Kier alpha value is -1.78. The predicted molar refractivity (Wildman–Crippen MR) is 39.5 cm³/mol. The zero-order chi connectivity index (χ0) is 7.84. The van der Waals surface area contributed by atoms with E-state index in [4.69, 9.17) is 0 Å². The van der Waals surface area contributed by atoms with Crippen molar-refractivity contribution in [2.24, 2.45) is 0 Å². The van der Waals surface area contributed by atoms with Gasteiger partial charge in [-0.15, -0.1) is 0 Å². The average molecular weight is 151 g/mol. The van der Waals surface area contributed by atoms with E-state index in [0.29, 0.717) is 11.0 Å². The first-order chi connectivity index (χ1) is 5.29. The van der Waals surface area contributed by atoms with Crippen LogP contribution in [0.5, 0.6) is 0 Å². The normalized spacial score (nSPS) is 10.5. The summed E-state index contributed by atoms with van der Waals surface area (Å²) in [6.07, 6.45) is 1.59. The Balaban J connectivity index is 3.17. The molecule has 0 fully saturated rings. The second-order valence-electron chi connectivity index (χ2n) is 2.17. The van der Waals surface area contributed by atoms with Crippen molar-refractivity contribution < 1.29 is 0 Å². The molecule has 0 aliphatic rings. The molecule has 0 spiro atoms. The highest BCUT2D eigenvalue weighted by molar-refractivity contribution is 5.73. The van der Waals surface area contributed by atoms with Crippen LogP contribution in [0.25, 0.3) is 11.0 Å². The van der Waals surface area contributed by atoms with Crippen molar-refractivity contribution in [3.05, 3.63) is 32.8 Å². The Labute approximate surface area is 60.1 Å². The maximum atomic E-state index is 11.0. The molecule has 0 atom stereocenters. The molecule has 2 heterocycles. The molecule has 0 bridgehead atoms. The maximum Gasteiger partial charge on any atom is 0.312 e. The van der Waals surface area contributed by atoms with E-state index < -0.39 is 11.0 Å². The number of hydrogen-bond acceptors (Lipinski definition) is 2. The van der Waals surface area contributed by atoms with Gasteiger partial charge in [-0.2, -0.15) is 0 Å². The van der Waals surface area contributed by atoms with Crippen molar-refractivity contribution in [2.45, 2.75) is 0 Å². The molecule has 5 heteroatoms. The van der Waals surface area contributed by atoms with Crippen LogP contribution in [0.3, 0.4) is 0 Å². The van der Waals surface area contributed by atoms with E-state index in [0.717, 1.165) is 0 Å². The van der Waals surface area contributed by atoms with E-state index in [9.17, 15) is 9.59 Å². The van der Waals surface area contributed by atoms with Crippen molar-refractivity contribution in [3.63, 3.8) is 0 Å². The summed E-state index contributed by atoms with van der Waals surface area (Å²) in [6, 6.07) is 1.67. The molecule has 0 aromatic carbocycles. The summed E-state index contributed by atoms with van der Waals surface area (Å²) < 4.78 is 0. The van der Waals surface area contributed by atoms with Gasteiger partial charge in [-0.05, 0) is 6.07 Å². The first-order valence-corrected chi connectivity index (χ1v) is 3.07. The molecule has 11 heavy (non-hydrogen) atoms. The van der Waals surface area contributed by atoms with Gasteiger partial charge in [0.2, 0.25) is 0 Å². The highest BCUT2D eigenvalue weighted by Crippen LogP contribution is 1.97. The van der Waals surface area contributed by atoms with Gasteiger partial charge in [0, 0.05) is 6.20 Å². The smallest absolute Gasteiger partial charge is 0.312 e. The molecular weight excluding hydrogens is 146 g/mol. The molecule has 0 radical (unpaired) electrons. The van der Waals surface area contributed by atoms with E-state index >= 15 is 0 Å². The summed E-state index contributed by atoms with van der Waals surface area (Å²) >= 11 is 0. The van der Waals surface area contributed by atoms with Crippen molar-refractivity contribution >= 4 is 11.0 Å². The van der Waals surface area contributed by atoms with Gasteiger partial charge >= 0.3 is 5.56 Å².